The Morgan fingerprint density at radius 3 is 2.77 bits per heavy atom. The molecule has 35 heavy (non-hydrogen) atoms. The maximum atomic E-state index is 12.4. The highest BCUT2D eigenvalue weighted by atomic mass is 16.5. The molecule has 194 valence electrons. The van der Waals surface area contributed by atoms with E-state index >= 15 is 0 Å². The molecule has 0 bridgehead atoms. The number of hydrogen-bond donors (Lipinski definition) is 4. The highest BCUT2D eigenvalue weighted by Crippen LogP contribution is 2.23. The van der Waals surface area contributed by atoms with Crippen LogP contribution in [0.4, 0.5) is 5.69 Å². The molecule has 1 atom stereocenters. The number of rotatable bonds is 12. The summed E-state index contributed by atoms with van der Waals surface area (Å²) in [4.78, 5) is 20.7. The van der Waals surface area contributed by atoms with Crippen LogP contribution in [0.2, 0.25) is 0 Å². The van der Waals surface area contributed by atoms with Crippen LogP contribution in [0.5, 0.6) is 5.75 Å². The summed E-state index contributed by atoms with van der Waals surface area (Å²) in [5.41, 5.74) is 0.984. The van der Waals surface area contributed by atoms with E-state index in [-0.39, 0.29) is 12.0 Å². The molecule has 1 fully saturated rings. The van der Waals surface area contributed by atoms with Crippen LogP contribution in [0.25, 0.3) is 0 Å². The van der Waals surface area contributed by atoms with E-state index in [2.05, 4.69) is 37.7 Å². The minimum Gasteiger partial charge on any atom is -0.490 e. The van der Waals surface area contributed by atoms with Crippen molar-refractivity contribution in [2.24, 2.45) is 4.99 Å². The summed E-state index contributed by atoms with van der Waals surface area (Å²) in [6.07, 6.45) is 7.38. The molecule has 1 aliphatic rings. The Bertz CT molecular complexity index is 854. The molecule has 0 radical (unpaired) electrons. The van der Waals surface area contributed by atoms with Gasteiger partial charge in [-0.2, -0.15) is 0 Å². The third kappa shape index (κ3) is 10.7. The van der Waals surface area contributed by atoms with E-state index in [1.54, 1.807) is 0 Å². The SMILES string of the molecule is C=C/N=C(/NCCCNC(=O)CN1CCCC(Oc2cccc(N/C(=C/C)NC)c2)CC1)N(C)C. The highest BCUT2D eigenvalue weighted by Gasteiger charge is 2.20. The molecule has 0 aliphatic carbocycles. The molecule has 1 amide bonds. The number of allylic oxidation sites excluding steroid dienone is 1. The van der Waals surface area contributed by atoms with Gasteiger partial charge in [-0.3, -0.25) is 9.69 Å². The summed E-state index contributed by atoms with van der Waals surface area (Å²) < 4.78 is 6.29. The van der Waals surface area contributed by atoms with Gasteiger partial charge in [-0.05, 0) is 57.4 Å². The second-order valence-electron chi connectivity index (χ2n) is 8.71. The van der Waals surface area contributed by atoms with E-state index in [0.29, 0.717) is 13.1 Å². The van der Waals surface area contributed by atoms with Crippen LogP contribution < -0.4 is 26.0 Å². The van der Waals surface area contributed by atoms with Gasteiger partial charge in [0.05, 0.1) is 18.5 Å². The lowest BCUT2D eigenvalue weighted by atomic mass is 10.1. The van der Waals surface area contributed by atoms with Crippen LogP contribution in [0.3, 0.4) is 0 Å². The lowest BCUT2D eigenvalue weighted by Gasteiger charge is -2.20. The first-order valence-electron chi connectivity index (χ1n) is 12.4. The fourth-order valence-electron chi connectivity index (χ4n) is 3.86. The molecule has 2 rings (SSSR count). The van der Waals surface area contributed by atoms with Gasteiger partial charge in [0.15, 0.2) is 5.96 Å². The van der Waals surface area contributed by atoms with Gasteiger partial charge >= 0.3 is 0 Å². The van der Waals surface area contributed by atoms with Gasteiger partial charge in [0.25, 0.3) is 0 Å². The minimum absolute atomic E-state index is 0.0695. The molecule has 1 heterocycles. The van der Waals surface area contributed by atoms with Crippen molar-refractivity contribution in [3.63, 3.8) is 0 Å². The molecule has 1 aliphatic heterocycles. The number of nitrogens with one attached hydrogen (secondary N) is 4. The van der Waals surface area contributed by atoms with Crippen molar-refractivity contribution < 1.29 is 9.53 Å². The van der Waals surface area contributed by atoms with E-state index in [1.165, 1.54) is 6.20 Å². The van der Waals surface area contributed by atoms with Crippen molar-refractivity contribution in [3.05, 3.63) is 48.9 Å². The molecular weight excluding hydrogens is 442 g/mol. The monoisotopic (exact) mass is 485 g/mol. The number of carbonyl (C=O) groups is 1. The van der Waals surface area contributed by atoms with Crippen LogP contribution in [-0.2, 0) is 4.79 Å². The third-order valence-electron chi connectivity index (χ3n) is 5.70. The van der Waals surface area contributed by atoms with Gasteiger partial charge in [-0.1, -0.05) is 12.6 Å². The Labute approximate surface area is 210 Å². The molecule has 9 nitrogen and oxygen atoms in total. The highest BCUT2D eigenvalue weighted by molar-refractivity contribution is 5.80. The summed E-state index contributed by atoms with van der Waals surface area (Å²) in [5, 5.41) is 12.7. The van der Waals surface area contributed by atoms with Gasteiger partial charge < -0.3 is 30.9 Å². The standard InChI is InChI=1S/C26H43N7O2/c1-6-24(27-3)31-21-11-8-12-23(19-21)35-22-13-9-17-33(18-14-22)20-25(34)29-15-10-16-30-26(28-7-2)32(4)5/h6-8,11-12,19,22,27,31H,2,9-10,13-18,20H2,1,3-5H3,(H,28,30)(H,29,34)/b24-6+. The second-order valence-corrected chi connectivity index (χ2v) is 8.71. The van der Waals surface area contributed by atoms with E-state index < -0.39 is 0 Å². The molecule has 0 spiro atoms. The average Bonchev–Trinajstić information content (AvgIpc) is 3.06. The van der Waals surface area contributed by atoms with Crippen molar-refractivity contribution in [1.29, 1.82) is 0 Å². The van der Waals surface area contributed by atoms with Crippen LogP contribution in [0.15, 0.2) is 53.9 Å². The predicted molar refractivity (Wildman–Crippen MR) is 145 cm³/mol. The topological polar surface area (TPSA) is 93.3 Å². The van der Waals surface area contributed by atoms with E-state index in [1.807, 2.05) is 63.3 Å². The predicted octanol–water partition coefficient (Wildman–Crippen LogP) is 2.57. The summed E-state index contributed by atoms with van der Waals surface area (Å²) in [7, 11) is 5.74. The minimum atomic E-state index is 0.0695. The zero-order valence-corrected chi connectivity index (χ0v) is 21.8. The molecule has 1 aromatic carbocycles. The van der Waals surface area contributed by atoms with Gasteiger partial charge in [0.1, 0.15) is 5.75 Å². The van der Waals surface area contributed by atoms with E-state index in [9.17, 15) is 4.79 Å². The van der Waals surface area contributed by atoms with E-state index in [0.717, 1.165) is 68.5 Å². The Kier molecular flexibility index (Phi) is 12.5. The van der Waals surface area contributed by atoms with Crippen LogP contribution in [0.1, 0.15) is 32.6 Å². The molecule has 0 aromatic heterocycles. The third-order valence-corrected chi connectivity index (χ3v) is 5.70. The number of benzene rings is 1. The van der Waals surface area contributed by atoms with Crippen molar-refractivity contribution in [3.8, 4) is 5.75 Å². The van der Waals surface area contributed by atoms with Crippen LogP contribution in [0, 0.1) is 0 Å². The number of nitrogens with zero attached hydrogens (tertiary/aromatic N) is 3. The summed E-state index contributed by atoms with van der Waals surface area (Å²) in [5.74, 6) is 2.64. The first-order chi connectivity index (χ1) is 16.9. The van der Waals surface area contributed by atoms with Crippen molar-refractivity contribution in [1.82, 2.24) is 25.8 Å². The first-order valence-corrected chi connectivity index (χ1v) is 12.4. The van der Waals surface area contributed by atoms with Gasteiger partial charge in [-0.15, -0.1) is 0 Å². The Hall–Kier alpha value is -3.20. The molecule has 1 unspecified atom stereocenters. The summed E-state index contributed by atoms with van der Waals surface area (Å²) in [6.45, 7) is 9.16. The maximum absolute atomic E-state index is 12.4. The molecule has 9 heteroatoms. The van der Waals surface area contributed by atoms with Crippen LogP contribution in [-0.4, -0.2) is 81.6 Å². The number of ether oxygens (including phenoxy) is 1. The Balaban J connectivity index is 1.70. The number of hydrogen-bond acceptors (Lipinski definition) is 6. The van der Waals surface area contributed by atoms with Gasteiger partial charge in [0, 0.05) is 58.7 Å². The summed E-state index contributed by atoms with van der Waals surface area (Å²) >= 11 is 0. The van der Waals surface area contributed by atoms with Crippen molar-refractivity contribution in [2.75, 3.05) is 59.2 Å². The zero-order valence-electron chi connectivity index (χ0n) is 21.8. The smallest absolute Gasteiger partial charge is 0.234 e. The van der Waals surface area contributed by atoms with Gasteiger partial charge in [0.2, 0.25) is 5.91 Å². The quantitative estimate of drug-likeness (QED) is 0.205. The lowest BCUT2D eigenvalue weighted by Crippen LogP contribution is -2.40. The second kappa shape index (κ2) is 15.7. The average molecular weight is 486 g/mol. The molecule has 4 N–H and O–H groups in total. The number of aliphatic imine (C=N–C) groups is 1. The number of guanidine groups is 1. The first kappa shape index (κ1) is 28.0. The number of likely N-dealkylation sites (tertiary alicyclic amines) is 1. The fourth-order valence-corrected chi connectivity index (χ4v) is 3.86. The van der Waals surface area contributed by atoms with Crippen LogP contribution >= 0.6 is 0 Å². The van der Waals surface area contributed by atoms with Gasteiger partial charge in [-0.25, -0.2) is 4.99 Å². The Morgan fingerprint density at radius 2 is 2.06 bits per heavy atom. The molecule has 1 aromatic rings. The zero-order chi connectivity index (χ0) is 25.5. The van der Waals surface area contributed by atoms with Crippen molar-refractivity contribution in [2.45, 2.75) is 38.7 Å². The largest absolute Gasteiger partial charge is 0.490 e. The maximum Gasteiger partial charge on any atom is 0.234 e. The molecule has 1 saturated heterocycles. The normalized spacial score (nSPS) is 17.2. The fraction of sp³-hybridized carbons (Fsp3) is 0.538. The molecular formula is C26H43N7O2. The number of amides is 1. The van der Waals surface area contributed by atoms with Crippen molar-refractivity contribution >= 4 is 17.6 Å². The number of anilines is 1. The molecule has 0 saturated carbocycles. The lowest BCUT2D eigenvalue weighted by molar-refractivity contribution is -0.122. The Morgan fingerprint density at radius 1 is 1.26 bits per heavy atom. The van der Waals surface area contributed by atoms with E-state index in [4.69, 9.17) is 4.74 Å². The number of carbonyl (C=O) groups excluding carboxylic acids is 1. The summed E-state index contributed by atoms with van der Waals surface area (Å²) in [6, 6.07) is 8.04.